The first kappa shape index (κ1) is 19.6. The third-order valence-corrected chi connectivity index (χ3v) is 4.57. The lowest BCUT2D eigenvalue weighted by atomic mass is 9.89. The van der Waals surface area contributed by atoms with E-state index >= 15 is 0 Å². The molecule has 0 saturated carbocycles. The number of nitrogens with one attached hydrogen (secondary N) is 1. The van der Waals surface area contributed by atoms with Gasteiger partial charge in [0.1, 0.15) is 16.1 Å². The monoisotopic (exact) mass is 366 g/mol. The van der Waals surface area contributed by atoms with Crippen LogP contribution in [0.1, 0.15) is 52.1 Å². The molecule has 1 unspecified atom stereocenters. The van der Waals surface area contributed by atoms with Gasteiger partial charge >= 0.3 is 11.9 Å². The third kappa shape index (κ3) is 4.46. The normalized spacial score (nSPS) is 23.5. The molecule has 2 atom stereocenters. The summed E-state index contributed by atoms with van der Waals surface area (Å²) in [7, 11) is 1.33. The number of thiazole rings is 1. The van der Waals surface area contributed by atoms with Gasteiger partial charge in [0.25, 0.3) is 0 Å². The highest BCUT2D eigenvalue weighted by molar-refractivity contribution is 7.09. The van der Waals surface area contributed by atoms with Gasteiger partial charge in [-0.15, -0.1) is 11.3 Å². The average molecular weight is 366 g/mol. The van der Waals surface area contributed by atoms with Crippen LogP contribution in [-0.4, -0.2) is 35.2 Å². The van der Waals surface area contributed by atoms with E-state index in [1.54, 1.807) is 12.3 Å². The molecule has 0 saturated heterocycles. The summed E-state index contributed by atoms with van der Waals surface area (Å²) in [6, 6.07) is -0.487. The number of hydrogen-bond donors (Lipinski definition) is 1. The Morgan fingerprint density at radius 3 is 2.56 bits per heavy atom. The lowest BCUT2D eigenvalue weighted by Gasteiger charge is -2.32. The van der Waals surface area contributed by atoms with E-state index in [9.17, 15) is 9.59 Å². The van der Waals surface area contributed by atoms with Crippen molar-refractivity contribution in [3.8, 4) is 0 Å². The predicted molar refractivity (Wildman–Crippen MR) is 96.1 cm³/mol. The number of methoxy groups -OCH3 is 1. The van der Waals surface area contributed by atoms with Crippen LogP contribution in [0, 0.1) is 5.92 Å². The van der Waals surface area contributed by atoms with Gasteiger partial charge in [-0.2, -0.15) is 0 Å². The van der Waals surface area contributed by atoms with Gasteiger partial charge < -0.3 is 9.47 Å². The molecule has 0 fully saturated rings. The van der Waals surface area contributed by atoms with E-state index in [1.807, 2.05) is 40.0 Å². The van der Waals surface area contributed by atoms with Gasteiger partial charge in [0.15, 0.2) is 0 Å². The maximum Gasteiger partial charge on any atom is 0.335 e. The highest BCUT2D eigenvalue weighted by Gasteiger charge is 2.49. The van der Waals surface area contributed by atoms with Crippen LogP contribution in [0.5, 0.6) is 0 Å². The molecule has 0 radical (unpaired) electrons. The van der Waals surface area contributed by atoms with Gasteiger partial charge in [-0.1, -0.05) is 13.8 Å². The fraction of sp³-hybridized carbons (Fsp3) is 0.611. The average Bonchev–Trinajstić information content (AvgIpc) is 3.11. The molecular weight excluding hydrogens is 340 g/mol. The molecule has 0 amide bonds. The number of carbonyl (C=O) groups is 2. The lowest BCUT2D eigenvalue weighted by molar-refractivity contribution is -0.161. The molecule has 1 aliphatic rings. The fourth-order valence-corrected chi connectivity index (χ4v) is 3.63. The summed E-state index contributed by atoms with van der Waals surface area (Å²) in [4.78, 5) is 29.6. The number of esters is 2. The molecule has 0 spiro atoms. The summed E-state index contributed by atoms with van der Waals surface area (Å²) in [5, 5.41) is 5.85. The van der Waals surface area contributed by atoms with E-state index in [2.05, 4.69) is 10.3 Å². The summed E-state index contributed by atoms with van der Waals surface area (Å²) in [6.45, 7) is 9.52. The van der Waals surface area contributed by atoms with Crippen molar-refractivity contribution >= 4 is 23.3 Å². The van der Waals surface area contributed by atoms with Crippen molar-refractivity contribution in [2.24, 2.45) is 5.92 Å². The second kappa shape index (κ2) is 7.25. The molecule has 1 aromatic rings. The van der Waals surface area contributed by atoms with Crippen molar-refractivity contribution in [3.05, 3.63) is 28.2 Å². The predicted octanol–water partition coefficient (Wildman–Crippen LogP) is 3.01. The van der Waals surface area contributed by atoms with Gasteiger partial charge in [-0.25, -0.2) is 14.6 Å². The van der Waals surface area contributed by atoms with Crippen LogP contribution in [0.25, 0.3) is 0 Å². The number of ether oxygens (including phenoxy) is 2. The maximum absolute atomic E-state index is 13.0. The second-order valence-corrected chi connectivity index (χ2v) is 8.54. The van der Waals surface area contributed by atoms with E-state index in [0.717, 1.165) is 0 Å². The van der Waals surface area contributed by atoms with Crippen molar-refractivity contribution in [1.82, 2.24) is 10.3 Å². The molecule has 0 aliphatic carbocycles. The van der Waals surface area contributed by atoms with Gasteiger partial charge in [-0.3, -0.25) is 5.32 Å². The van der Waals surface area contributed by atoms with Crippen LogP contribution < -0.4 is 5.32 Å². The number of hydrogen-bond acceptors (Lipinski definition) is 7. The first-order valence-corrected chi connectivity index (χ1v) is 9.17. The summed E-state index contributed by atoms with van der Waals surface area (Å²) >= 11 is 1.42. The molecule has 138 valence electrons. The highest BCUT2D eigenvalue weighted by atomic mass is 32.1. The zero-order valence-corrected chi connectivity index (χ0v) is 16.4. The number of nitrogens with zero attached hydrogens (tertiary/aromatic N) is 1. The maximum atomic E-state index is 13.0. The Labute approximate surface area is 152 Å². The van der Waals surface area contributed by atoms with E-state index < -0.39 is 29.1 Å². The minimum Gasteiger partial charge on any atom is -0.466 e. The van der Waals surface area contributed by atoms with E-state index in [4.69, 9.17) is 9.47 Å². The first-order valence-electron chi connectivity index (χ1n) is 8.29. The van der Waals surface area contributed by atoms with Crippen LogP contribution in [-0.2, 0) is 19.1 Å². The zero-order chi connectivity index (χ0) is 18.8. The van der Waals surface area contributed by atoms with Crippen molar-refractivity contribution < 1.29 is 19.1 Å². The smallest absolute Gasteiger partial charge is 0.335 e. The van der Waals surface area contributed by atoms with Gasteiger partial charge in [-0.05, 0) is 39.2 Å². The topological polar surface area (TPSA) is 77.5 Å². The minimum atomic E-state index is -1.08. The molecule has 1 N–H and O–H groups in total. The Bertz CT molecular complexity index is 661. The molecule has 2 heterocycles. The molecule has 1 aliphatic heterocycles. The SMILES string of the molecule is COC(=O)C1=C[C@@](CC(C)C)(C(=O)OC(C)(C)C)NC1c1nccs1. The Balaban J connectivity index is 2.47. The largest absolute Gasteiger partial charge is 0.466 e. The van der Waals surface area contributed by atoms with Crippen molar-refractivity contribution in [1.29, 1.82) is 0 Å². The highest BCUT2D eigenvalue weighted by Crippen LogP contribution is 2.38. The van der Waals surface area contributed by atoms with E-state index in [0.29, 0.717) is 17.0 Å². The first-order chi connectivity index (χ1) is 11.6. The quantitative estimate of drug-likeness (QED) is 0.807. The van der Waals surface area contributed by atoms with Gasteiger partial charge in [0.2, 0.25) is 0 Å². The zero-order valence-electron chi connectivity index (χ0n) is 15.6. The van der Waals surface area contributed by atoms with Crippen LogP contribution >= 0.6 is 11.3 Å². The minimum absolute atomic E-state index is 0.213. The van der Waals surface area contributed by atoms with Gasteiger partial charge in [0, 0.05) is 11.6 Å². The summed E-state index contributed by atoms with van der Waals surface area (Å²) in [5.41, 5.74) is -1.31. The molecule has 0 bridgehead atoms. The summed E-state index contributed by atoms with van der Waals surface area (Å²) < 4.78 is 10.6. The molecule has 7 heteroatoms. The van der Waals surface area contributed by atoms with Crippen LogP contribution in [0.15, 0.2) is 23.2 Å². The summed E-state index contributed by atoms with van der Waals surface area (Å²) in [5.74, 6) is -0.652. The standard InChI is InChI=1S/C18H26N2O4S/c1-11(2)9-18(16(22)24-17(3,4)5)10-12(15(21)23-6)13(20-18)14-19-7-8-25-14/h7-8,10-11,13,20H,9H2,1-6H3/t13?,18-/m0/s1. The Kier molecular flexibility index (Phi) is 5.68. The number of carbonyl (C=O) groups excluding carboxylic acids is 2. The molecule has 0 aromatic carbocycles. The van der Waals surface area contributed by atoms with Crippen molar-refractivity contribution in [2.45, 2.75) is 58.2 Å². The van der Waals surface area contributed by atoms with Crippen LogP contribution in [0.4, 0.5) is 0 Å². The third-order valence-electron chi connectivity index (χ3n) is 3.73. The van der Waals surface area contributed by atoms with Gasteiger partial charge in [0.05, 0.1) is 18.7 Å². The molecule has 6 nitrogen and oxygen atoms in total. The second-order valence-electron chi connectivity index (χ2n) is 7.61. The molecule has 2 rings (SSSR count). The number of rotatable bonds is 5. The van der Waals surface area contributed by atoms with Crippen molar-refractivity contribution in [3.63, 3.8) is 0 Å². The lowest BCUT2D eigenvalue weighted by Crippen LogP contribution is -2.52. The molecule has 1 aromatic heterocycles. The Morgan fingerprint density at radius 2 is 2.08 bits per heavy atom. The fourth-order valence-electron chi connectivity index (χ4n) is 2.92. The van der Waals surface area contributed by atoms with Crippen LogP contribution in [0.3, 0.4) is 0 Å². The van der Waals surface area contributed by atoms with E-state index in [1.165, 1.54) is 18.4 Å². The van der Waals surface area contributed by atoms with Crippen LogP contribution in [0.2, 0.25) is 0 Å². The van der Waals surface area contributed by atoms with Crippen molar-refractivity contribution in [2.75, 3.05) is 7.11 Å². The number of aromatic nitrogens is 1. The Morgan fingerprint density at radius 1 is 1.40 bits per heavy atom. The van der Waals surface area contributed by atoms with E-state index in [-0.39, 0.29) is 5.92 Å². The summed E-state index contributed by atoms with van der Waals surface area (Å²) in [6.07, 6.45) is 3.84. The Hall–Kier alpha value is -1.73. The molecule has 25 heavy (non-hydrogen) atoms. The molecular formula is C18H26N2O4S.